The third-order valence-electron chi connectivity index (χ3n) is 5.22. The van der Waals surface area contributed by atoms with Crippen LogP contribution in [0.4, 0.5) is 19.3 Å². The Kier molecular flexibility index (Phi) is 5.42. The summed E-state index contributed by atoms with van der Waals surface area (Å²) in [6.45, 7) is 0.350. The van der Waals surface area contributed by atoms with E-state index in [1.54, 1.807) is 18.3 Å². The molecule has 1 fully saturated rings. The first-order chi connectivity index (χ1) is 16.1. The van der Waals surface area contributed by atoms with Crippen LogP contribution in [-0.2, 0) is 4.84 Å². The maximum Gasteiger partial charge on any atom is 0.346 e. The summed E-state index contributed by atoms with van der Waals surface area (Å²) in [4.78, 5) is 22.4. The highest BCUT2D eigenvalue weighted by molar-refractivity contribution is 5.89. The van der Waals surface area contributed by atoms with Crippen LogP contribution in [0.2, 0.25) is 0 Å². The fourth-order valence-electron chi connectivity index (χ4n) is 3.62. The molecule has 1 aliphatic heterocycles. The molecule has 1 aliphatic rings. The normalized spacial score (nSPS) is 15.3. The summed E-state index contributed by atoms with van der Waals surface area (Å²) < 4.78 is 30.9. The molecule has 1 N–H and O–H groups in total. The zero-order valence-corrected chi connectivity index (χ0v) is 17.2. The predicted molar refractivity (Wildman–Crippen MR) is 116 cm³/mol. The summed E-state index contributed by atoms with van der Waals surface area (Å²) in [7, 11) is 0. The Labute approximate surface area is 187 Å². The summed E-state index contributed by atoms with van der Waals surface area (Å²) in [6, 6.07) is 14.1. The molecular formula is C24H17F2N5O2. The largest absolute Gasteiger partial charge is 0.346 e. The highest BCUT2D eigenvalue weighted by Gasteiger charge is 2.32. The number of nitrogens with one attached hydrogen (secondary N) is 1. The second-order valence-electron chi connectivity index (χ2n) is 7.28. The summed E-state index contributed by atoms with van der Waals surface area (Å²) >= 11 is 0. The number of hydroxylamine groups is 2. The first-order valence-electron chi connectivity index (χ1n) is 10.2. The molecule has 2 aromatic carbocycles. The van der Waals surface area contributed by atoms with Gasteiger partial charge in [0.25, 0.3) is 0 Å². The molecular weight excluding hydrogens is 428 g/mol. The Hall–Kier alpha value is -4.29. The van der Waals surface area contributed by atoms with Gasteiger partial charge in [-0.05, 0) is 35.7 Å². The monoisotopic (exact) mass is 445 g/mol. The Morgan fingerprint density at radius 1 is 1.09 bits per heavy atom. The van der Waals surface area contributed by atoms with Gasteiger partial charge < -0.3 is 5.32 Å². The molecule has 0 bridgehead atoms. The molecule has 1 saturated heterocycles. The number of halogens is 2. The number of amides is 2. The molecule has 164 valence electrons. The summed E-state index contributed by atoms with van der Waals surface area (Å²) in [5.41, 5.74) is 1.15. The summed E-state index contributed by atoms with van der Waals surface area (Å²) in [6.07, 6.45) is 3.62. The Morgan fingerprint density at radius 3 is 2.79 bits per heavy atom. The van der Waals surface area contributed by atoms with Crippen molar-refractivity contribution in [1.29, 1.82) is 0 Å². The van der Waals surface area contributed by atoms with Gasteiger partial charge in [0, 0.05) is 12.6 Å². The highest BCUT2D eigenvalue weighted by atomic mass is 19.1. The Morgan fingerprint density at radius 2 is 1.94 bits per heavy atom. The summed E-state index contributed by atoms with van der Waals surface area (Å²) in [5.74, 6) is 3.36. The van der Waals surface area contributed by atoms with E-state index in [1.165, 1.54) is 15.8 Å². The minimum atomic E-state index is -0.979. The topological polar surface area (TPSA) is 71.8 Å². The van der Waals surface area contributed by atoms with Crippen LogP contribution in [0.15, 0.2) is 67.0 Å². The van der Waals surface area contributed by atoms with Crippen LogP contribution >= 0.6 is 0 Å². The van der Waals surface area contributed by atoms with Crippen molar-refractivity contribution in [3.8, 4) is 11.8 Å². The maximum atomic E-state index is 15.1. The summed E-state index contributed by atoms with van der Waals surface area (Å²) in [5, 5.41) is 7.76. The van der Waals surface area contributed by atoms with Gasteiger partial charge in [-0.2, -0.15) is 10.2 Å². The van der Waals surface area contributed by atoms with Gasteiger partial charge in [0.2, 0.25) is 0 Å². The van der Waals surface area contributed by atoms with Crippen LogP contribution in [0.1, 0.15) is 29.3 Å². The van der Waals surface area contributed by atoms with E-state index < -0.39 is 23.2 Å². The lowest BCUT2D eigenvalue weighted by atomic mass is 10.1. The average Bonchev–Trinajstić information content (AvgIpc) is 3.49. The minimum Gasteiger partial charge on any atom is -0.303 e. The van der Waals surface area contributed by atoms with Gasteiger partial charge in [-0.3, -0.25) is 4.84 Å². The van der Waals surface area contributed by atoms with E-state index in [0.717, 1.165) is 17.7 Å². The van der Waals surface area contributed by atoms with E-state index in [2.05, 4.69) is 27.2 Å². The smallest absolute Gasteiger partial charge is 0.303 e. The van der Waals surface area contributed by atoms with E-state index in [4.69, 9.17) is 4.84 Å². The lowest BCUT2D eigenvalue weighted by molar-refractivity contribution is -0.0830. The average molecular weight is 445 g/mol. The minimum absolute atomic E-state index is 0.204. The van der Waals surface area contributed by atoms with E-state index in [1.807, 2.05) is 30.3 Å². The van der Waals surface area contributed by atoms with E-state index in [9.17, 15) is 9.18 Å². The number of anilines is 1. The zero-order valence-electron chi connectivity index (χ0n) is 17.2. The fraction of sp³-hybridized carbons (Fsp3) is 0.125. The molecule has 4 aromatic rings. The molecule has 0 unspecified atom stereocenters. The lowest BCUT2D eigenvalue weighted by Gasteiger charge is -2.23. The maximum absolute atomic E-state index is 15.1. The molecule has 9 heteroatoms. The zero-order chi connectivity index (χ0) is 22.8. The lowest BCUT2D eigenvalue weighted by Crippen LogP contribution is -2.33. The van der Waals surface area contributed by atoms with Crippen LogP contribution in [0.25, 0.3) is 5.65 Å². The third-order valence-corrected chi connectivity index (χ3v) is 5.22. The SMILES string of the molecule is O=C(Nc1ccc(F)c(C#Cc2cnc3cccnn23)c1F)N1OCC[C@H]1c1ccccc1. The molecule has 0 spiro atoms. The van der Waals surface area contributed by atoms with Gasteiger partial charge >= 0.3 is 6.03 Å². The predicted octanol–water partition coefficient (Wildman–Crippen LogP) is 4.32. The van der Waals surface area contributed by atoms with Crippen LogP contribution < -0.4 is 5.32 Å². The van der Waals surface area contributed by atoms with E-state index >= 15 is 4.39 Å². The van der Waals surface area contributed by atoms with Crippen molar-refractivity contribution in [2.45, 2.75) is 12.5 Å². The number of imidazole rings is 1. The second-order valence-corrected chi connectivity index (χ2v) is 7.28. The van der Waals surface area contributed by atoms with E-state index in [-0.39, 0.29) is 11.7 Å². The number of hydrogen-bond acceptors (Lipinski definition) is 4. The van der Waals surface area contributed by atoms with Gasteiger partial charge in [-0.15, -0.1) is 0 Å². The van der Waals surface area contributed by atoms with Crippen molar-refractivity contribution in [1.82, 2.24) is 19.7 Å². The van der Waals surface area contributed by atoms with Gasteiger partial charge in [-0.1, -0.05) is 36.3 Å². The number of fused-ring (bicyclic) bond motifs is 1. The van der Waals surface area contributed by atoms with Crippen molar-refractivity contribution >= 4 is 17.4 Å². The molecule has 1 atom stereocenters. The van der Waals surface area contributed by atoms with Crippen molar-refractivity contribution in [3.05, 3.63) is 95.4 Å². The molecule has 33 heavy (non-hydrogen) atoms. The highest BCUT2D eigenvalue weighted by Crippen LogP contribution is 2.31. The molecule has 7 nitrogen and oxygen atoms in total. The molecule has 0 saturated carbocycles. The van der Waals surface area contributed by atoms with Crippen molar-refractivity contribution < 1.29 is 18.4 Å². The molecule has 2 aromatic heterocycles. The first-order valence-corrected chi connectivity index (χ1v) is 10.2. The molecule has 5 rings (SSSR count). The number of aromatic nitrogens is 3. The molecule has 3 heterocycles. The van der Waals surface area contributed by atoms with Gasteiger partial charge in [-0.25, -0.2) is 23.1 Å². The number of hydrogen-bond donors (Lipinski definition) is 1. The van der Waals surface area contributed by atoms with Gasteiger partial charge in [0.1, 0.15) is 11.5 Å². The molecule has 0 aliphatic carbocycles. The van der Waals surface area contributed by atoms with E-state index in [0.29, 0.717) is 24.4 Å². The van der Waals surface area contributed by atoms with Crippen molar-refractivity contribution in [2.75, 3.05) is 11.9 Å². The Balaban J connectivity index is 1.40. The number of nitrogens with zero attached hydrogens (tertiary/aromatic N) is 4. The first kappa shape index (κ1) is 20.6. The quantitative estimate of drug-likeness (QED) is 0.467. The third kappa shape index (κ3) is 4.00. The van der Waals surface area contributed by atoms with Crippen LogP contribution in [-0.4, -0.2) is 32.3 Å². The van der Waals surface area contributed by atoms with Gasteiger partial charge in [0.15, 0.2) is 11.5 Å². The molecule has 0 radical (unpaired) electrons. The van der Waals surface area contributed by atoms with Crippen LogP contribution in [0, 0.1) is 23.5 Å². The number of benzene rings is 2. The second kappa shape index (κ2) is 8.68. The van der Waals surface area contributed by atoms with Crippen molar-refractivity contribution in [2.24, 2.45) is 0 Å². The number of rotatable bonds is 2. The van der Waals surface area contributed by atoms with Crippen LogP contribution in [0.3, 0.4) is 0 Å². The molecule has 2 amide bonds. The number of carbonyl (C=O) groups is 1. The Bertz CT molecular complexity index is 1390. The van der Waals surface area contributed by atoms with Crippen molar-refractivity contribution in [3.63, 3.8) is 0 Å². The number of urea groups is 1. The fourth-order valence-corrected chi connectivity index (χ4v) is 3.62. The van der Waals surface area contributed by atoms with Gasteiger partial charge in [0.05, 0.1) is 30.1 Å². The van der Waals surface area contributed by atoms with Crippen LogP contribution in [0.5, 0.6) is 0 Å². The standard InChI is InChI=1S/C24H17F2N5O2/c25-19-10-11-20(29-24(32)31-21(12-14-33-31)16-5-2-1-3-6-16)23(26)18(19)9-8-17-15-27-22-7-4-13-28-30(17)22/h1-7,10-11,13,15,21H,12,14H2,(H,29,32)/t21-/m0/s1. The number of carbonyl (C=O) groups excluding carboxylic acids is 1.